The van der Waals surface area contributed by atoms with Gasteiger partial charge in [-0.05, 0) is 24.8 Å². The Morgan fingerprint density at radius 2 is 2.04 bits per heavy atom. The third kappa shape index (κ3) is 4.06. The molecule has 2 heterocycles. The maximum absolute atomic E-state index is 12.7. The van der Waals surface area contributed by atoms with Crippen LogP contribution in [-0.4, -0.2) is 74.6 Å². The molecule has 1 atom stereocenters. The van der Waals surface area contributed by atoms with Gasteiger partial charge in [-0.15, -0.1) is 11.3 Å². The Balaban J connectivity index is 1.58. The highest BCUT2D eigenvalue weighted by molar-refractivity contribution is 7.91. The Bertz CT molecular complexity index is 706. The van der Waals surface area contributed by atoms with E-state index in [1.807, 2.05) is 0 Å². The van der Waals surface area contributed by atoms with Crippen molar-refractivity contribution in [2.75, 3.05) is 39.8 Å². The van der Waals surface area contributed by atoms with Crippen molar-refractivity contribution < 1.29 is 23.1 Å². The zero-order valence-corrected chi connectivity index (χ0v) is 15.9. The number of methoxy groups -OCH3 is 1. The number of ether oxygens (including phenoxy) is 1. The van der Waals surface area contributed by atoms with Crippen LogP contribution in [0.25, 0.3) is 0 Å². The minimum Gasteiger partial charge on any atom is -0.478 e. The van der Waals surface area contributed by atoms with E-state index in [0.29, 0.717) is 32.1 Å². The average molecular weight is 389 g/mol. The van der Waals surface area contributed by atoms with Gasteiger partial charge in [-0.2, -0.15) is 4.31 Å². The van der Waals surface area contributed by atoms with Crippen LogP contribution in [0.3, 0.4) is 0 Å². The first-order valence-electron chi connectivity index (χ1n) is 8.49. The van der Waals surface area contributed by atoms with E-state index in [-0.39, 0.29) is 15.9 Å². The summed E-state index contributed by atoms with van der Waals surface area (Å²) in [6.45, 7) is 3.02. The molecule has 140 valence electrons. The monoisotopic (exact) mass is 388 g/mol. The molecule has 0 spiro atoms. The molecule has 0 aromatic carbocycles. The Morgan fingerprint density at radius 3 is 2.52 bits per heavy atom. The van der Waals surface area contributed by atoms with Crippen molar-refractivity contribution in [1.82, 2.24) is 9.21 Å². The Labute approximate surface area is 152 Å². The largest absolute Gasteiger partial charge is 0.478 e. The number of nitrogens with zero attached hydrogens (tertiary/aromatic N) is 2. The lowest BCUT2D eigenvalue weighted by Crippen LogP contribution is -2.51. The summed E-state index contributed by atoms with van der Waals surface area (Å²) in [5, 5.41) is 10.3. The van der Waals surface area contributed by atoms with Gasteiger partial charge >= 0.3 is 5.97 Å². The number of aromatic carboxylic acids is 1. The molecule has 1 aliphatic carbocycles. The Morgan fingerprint density at radius 1 is 1.36 bits per heavy atom. The van der Waals surface area contributed by atoms with Gasteiger partial charge in [0.25, 0.3) is 10.0 Å². The molecule has 1 saturated heterocycles. The highest BCUT2D eigenvalue weighted by Gasteiger charge is 2.33. The van der Waals surface area contributed by atoms with Gasteiger partial charge in [0.2, 0.25) is 0 Å². The highest BCUT2D eigenvalue weighted by atomic mass is 32.2. The van der Waals surface area contributed by atoms with Crippen LogP contribution in [0.15, 0.2) is 15.7 Å². The summed E-state index contributed by atoms with van der Waals surface area (Å²) in [5.74, 6) is -0.476. The van der Waals surface area contributed by atoms with E-state index in [1.54, 1.807) is 7.11 Å². The molecule has 1 aromatic rings. The van der Waals surface area contributed by atoms with Crippen LogP contribution >= 0.6 is 11.3 Å². The molecule has 3 rings (SSSR count). The molecule has 1 saturated carbocycles. The fourth-order valence-corrected chi connectivity index (χ4v) is 6.05. The third-order valence-electron chi connectivity index (χ3n) is 5.16. The van der Waals surface area contributed by atoms with Crippen molar-refractivity contribution in [2.24, 2.45) is 5.92 Å². The number of piperazine rings is 1. The number of sulfonamides is 1. The topological polar surface area (TPSA) is 87.2 Å². The molecule has 1 aliphatic heterocycles. The van der Waals surface area contributed by atoms with E-state index in [4.69, 9.17) is 9.84 Å². The molecule has 0 amide bonds. The summed E-state index contributed by atoms with van der Waals surface area (Å²) in [4.78, 5) is 13.2. The molecule has 2 aliphatic rings. The molecule has 9 heteroatoms. The first-order valence-corrected chi connectivity index (χ1v) is 10.8. The first kappa shape index (κ1) is 18.8. The van der Waals surface area contributed by atoms with E-state index in [2.05, 4.69) is 4.90 Å². The number of carbonyl (C=O) groups is 1. The summed E-state index contributed by atoms with van der Waals surface area (Å²) in [6, 6.07) is 1.24. The van der Waals surface area contributed by atoms with Crippen molar-refractivity contribution in [2.45, 2.75) is 29.6 Å². The van der Waals surface area contributed by atoms with E-state index in [0.717, 1.165) is 17.9 Å². The van der Waals surface area contributed by atoms with E-state index < -0.39 is 16.0 Å². The Hall–Kier alpha value is -1.00. The number of carboxylic acids is 1. The average Bonchev–Trinajstić information content (AvgIpc) is 3.04. The maximum Gasteiger partial charge on any atom is 0.336 e. The Kier molecular flexibility index (Phi) is 5.79. The summed E-state index contributed by atoms with van der Waals surface area (Å²) in [5.41, 5.74) is 0.0191. The minimum absolute atomic E-state index is 0.0191. The van der Waals surface area contributed by atoms with Crippen LogP contribution in [0, 0.1) is 5.92 Å². The van der Waals surface area contributed by atoms with Gasteiger partial charge in [0.05, 0.1) is 11.7 Å². The normalized spacial score (nSPS) is 21.8. The van der Waals surface area contributed by atoms with Gasteiger partial charge in [0.15, 0.2) is 0 Å². The molecular weight excluding hydrogens is 364 g/mol. The fourth-order valence-electron chi connectivity index (χ4n) is 3.33. The zero-order chi connectivity index (χ0) is 18.0. The molecule has 0 bridgehead atoms. The van der Waals surface area contributed by atoms with Crippen molar-refractivity contribution in [3.8, 4) is 0 Å². The molecule has 2 fully saturated rings. The number of hydrogen-bond acceptors (Lipinski definition) is 6. The number of hydrogen-bond donors (Lipinski definition) is 1. The van der Waals surface area contributed by atoms with Crippen LogP contribution in [0.4, 0.5) is 0 Å². The van der Waals surface area contributed by atoms with E-state index in [1.165, 1.54) is 35.0 Å². The number of rotatable bonds is 7. The van der Waals surface area contributed by atoms with Crippen LogP contribution < -0.4 is 0 Å². The van der Waals surface area contributed by atoms with Gasteiger partial charge in [-0.1, -0.05) is 6.42 Å². The molecular formula is C16H24N2O5S2. The standard InChI is InChI=1S/C16H24N2O5S2/c1-23-14(12-3-2-4-12)10-17-5-7-18(8-6-17)25(21,22)15-9-13(11-24-15)16(19)20/h9,11-12,14H,2-8,10H2,1H3,(H,19,20). The van der Waals surface area contributed by atoms with Gasteiger partial charge in [0, 0.05) is 45.2 Å². The zero-order valence-electron chi connectivity index (χ0n) is 14.3. The summed E-state index contributed by atoms with van der Waals surface area (Å²) in [7, 11) is -1.86. The predicted octanol–water partition coefficient (Wildman–Crippen LogP) is 1.57. The number of carboxylic acid groups (broad SMARTS) is 1. The molecule has 0 radical (unpaired) electrons. The highest BCUT2D eigenvalue weighted by Crippen LogP contribution is 2.31. The summed E-state index contributed by atoms with van der Waals surface area (Å²) < 4.78 is 32.5. The smallest absolute Gasteiger partial charge is 0.336 e. The minimum atomic E-state index is -3.61. The van der Waals surface area contributed by atoms with Crippen molar-refractivity contribution in [3.63, 3.8) is 0 Å². The quantitative estimate of drug-likeness (QED) is 0.763. The second-order valence-corrected chi connectivity index (χ2v) is 9.71. The van der Waals surface area contributed by atoms with Crippen molar-refractivity contribution in [1.29, 1.82) is 0 Å². The lowest BCUT2D eigenvalue weighted by atomic mass is 9.81. The lowest BCUT2D eigenvalue weighted by Gasteiger charge is -2.39. The third-order valence-corrected chi connectivity index (χ3v) is 8.48. The molecule has 1 aromatic heterocycles. The summed E-state index contributed by atoms with van der Waals surface area (Å²) >= 11 is 0.964. The SMILES string of the molecule is COC(CN1CCN(S(=O)(=O)c2cc(C(=O)O)cs2)CC1)C1CCC1. The van der Waals surface area contributed by atoms with Crippen LogP contribution in [0.2, 0.25) is 0 Å². The second-order valence-electron chi connectivity index (χ2n) is 6.63. The summed E-state index contributed by atoms with van der Waals surface area (Å²) in [6.07, 6.45) is 3.94. The van der Waals surface area contributed by atoms with Gasteiger partial charge in [-0.25, -0.2) is 13.2 Å². The molecule has 1 N–H and O–H groups in total. The molecule has 7 nitrogen and oxygen atoms in total. The second kappa shape index (κ2) is 7.71. The van der Waals surface area contributed by atoms with E-state index in [9.17, 15) is 13.2 Å². The van der Waals surface area contributed by atoms with Crippen molar-refractivity contribution in [3.05, 3.63) is 17.0 Å². The molecule has 1 unspecified atom stereocenters. The van der Waals surface area contributed by atoms with Crippen molar-refractivity contribution >= 4 is 27.3 Å². The van der Waals surface area contributed by atoms with Crippen LogP contribution in [0.5, 0.6) is 0 Å². The van der Waals surface area contributed by atoms with Gasteiger partial charge < -0.3 is 9.84 Å². The van der Waals surface area contributed by atoms with Gasteiger partial charge in [0.1, 0.15) is 4.21 Å². The number of thiophene rings is 1. The van der Waals surface area contributed by atoms with Crippen LogP contribution in [0.1, 0.15) is 29.6 Å². The fraction of sp³-hybridized carbons (Fsp3) is 0.688. The predicted molar refractivity (Wildman–Crippen MR) is 94.6 cm³/mol. The first-order chi connectivity index (χ1) is 11.9. The lowest BCUT2D eigenvalue weighted by molar-refractivity contribution is -0.0103. The van der Waals surface area contributed by atoms with Crippen LogP contribution in [-0.2, 0) is 14.8 Å². The van der Waals surface area contributed by atoms with E-state index >= 15 is 0 Å². The maximum atomic E-state index is 12.7. The molecule has 25 heavy (non-hydrogen) atoms. The van der Waals surface area contributed by atoms with Gasteiger partial charge in [-0.3, -0.25) is 4.90 Å².